The highest BCUT2D eigenvalue weighted by molar-refractivity contribution is 14.0. The molecule has 0 bridgehead atoms. The molecule has 9 heteroatoms. The van der Waals surface area contributed by atoms with Crippen LogP contribution in [0.5, 0.6) is 0 Å². The lowest BCUT2D eigenvalue weighted by Gasteiger charge is -2.15. The summed E-state index contributed by atoms with van der Waals surface area (Å²) in [7, 11) is 0. The number of pyridine rings is 1. The highest BCUT2D eigenvalue weighted by Crippen LogP contribution is 2.09. The lowest BCUT2D eigenvalue weighted by Crippen LogP contribution is -2.41. The zero-order valence-electron chi connectivity index (χ0n) is 15.7. The van der Waals surface area contributed by atoms with E-state index in [1.807, 2.05) is 11.8 Å². The normalized spacial score (nSPS) is 13.9. The van der Waals surface area contributed by atoms with Gasteiger partial charge in [0, 0.05) is 58.1 Å². The third kappa shape index (κ3) is 8.55. The van der Waals surface area contributed by atoms with E-state index in [1.54, 1.807) is 24.5 Å². The lowest BCUT2D eigenvalue weighted by atomic mass is 10.3. The maximum absolute atomic E-state index is 11.9. The van der Waals surface area contributed by atoms with Gasteiger partial charge >= 0.3 is 0 Å². The van der Waals surface area contributed by atoms with E-state index in [0.717, 1.165) is 38.4 Å². The number of aliphatic imine (C=N–C) groups is 1. The minimum absolute atomic E-state index is 0. The molecule has 2 rings (SSSR count). The van der Waals surface area contributed by atoms with E-state index in [9.17, 15) is 9.59 Å². The van der Waals surface area contributed by atoms with Crippen molar-refractivity contribution >= 4 is 41.8 Å². The number of carbonyl (C=O) groups excluding carboxylic acids is 2. The second-order valence-corrected chi connectivity index (χ2v) is 6.02. The predicted molar refractivity (Wildman–Crippen MR) is 116 cm³/mol. The number of amides is 2. The molecule has 1 aliphatic heterocycles. The smallest absolute Gasteiger partial charge is 0.252 e. The molecule has 0 saturated carbocycles. The Hall–Kier alpha value is -1.91. The molecule has 0 spiro atoms. The van der Waals surface area contributed by atoms with Crippen LogP contribution in [-0.4, -0.2) is 66.9 Å². The van der Waals surface area contributed by atoms with Gasteiger partial charge in [-0.05, 0) is 31.9 Å². The van der Waals surface area contributed by atoms with Crippen LogP contribution in [0, 0.1) is 0 Å². The SMILES string of the molecule is CCNC(=NCCCN1CCCC1=O)NCCNC(=O)c1cccnc1.I. The third-order valence-electron chi connectivity index (χ3n) is 4.00. The number of nitrogens with zero attached hydrogens (tertiary/aromatic N) is 3. The molecule has 0 unspecified atom stereocenters. The molecule has 150 valence electrons. The van der Waals surface area contributed by atoms with Gasteiger partial charge in [-0.15, -0.1) is 24.0 Å². The van der Waals surface area contributed by atoms with Crippen LogP contribution < -0.4 is 16.0 Å². The fraction of sp³-hybridized carbons (Fsp3) is 0.556. The summed E-state index contributed by atoms with van der Waals surface area (Å²) < 4.78 is 0. The van der Waals surface area contributed by atoms with Crippen LogP contribution in [0.15, 0.2) is 29.5 Å². The number of guanidine groups is 1. The number of carbonyl (C=O) groups is 2. The summed E-state index contributed by atoms with van der Waals surface area (Å²) in [4.78, 5) is 33.8. The summed E-state index contributed by atoms with van der Waals surface area (Å²) in [5, 5.41) is 9.21. The van der Waals surface area contributed by atoms with Gasteiger partial charge in [0.1, 0.15) is 0 Å². The van der Waals surface area contributed by atoms with Gasteiger partial charge in [-0.3, -0.25) is 19.6 Å². The van der Waals surface area contributed by atoms with E-state index in [1.165, 1.54) is 0 Å². The van der Waals surface area contributed by atoms with E-state index < -0.39 is 0 Å². The molecular weight excluding hydrogens is 459 g/mol. The second kappa shape index (κ2) is 13.3. The molecule has 1 saturated heterocycles. The molecule has 8 nitrogen and oxygen atoms in total. The molecular formula is C18H29IN6O2. The summed E-state index contributed by atoms with van der Waals surface area (Å²) in [6.07, 6.45) is 5.67. The summed E-state index contributed by atoms with van der Waals surface area (Å²) in [5.74, 6) is 0.830. The number of hydrogen-bond acceptors (Lipinski definition) is 4. The fourth-order valence-electron chi connectivity index (χ4n) is 2.69. The Morgan fingerprint density at radius 1 is 1.30 bits per heavy atom. The Bertz CT molecular complexity index is 611. The van der Waals surface area contributed by atoms with Gasteiger partial charge in [-0.1, -0.05) is 0 Å². The fourth-order valence-corrected chi connectivity index (χ4v) is 2.69. The van der Waals surface area contributed by atoms with Gasteiger partial charge in [0.25, 0.3) is 5.91 Å². The van der Waals surface area contributed by atoms with Crippen molar-refractivity contribution in [3.8, 4) is 0 Å². The van der Waals surface area contributed by atoms with Gasteiger partial charge < -0.3 is 20.9 Å². The Morgan fingerprint density at radius 2 is 2.11 bits per heavy atom. The molecule has 0 atom stereocenters. The quantitative estimate of drug-likeness (QED) is 0.209. The number of hydrogen-bond donors (Lipinski definition) is 3. The van der Waals surface area contributed by atoms with Crippen molar-refractivity contribution in [2.75, 3.05) is 39.3 Å². The van der Waals surface area contributed by atoms with Crippen LogP contribution in [0.1, 0.15) is 36.5 Å². The van der Waals surface area contributed by atoms with Crippen LogP contribution in [0.2, 0.25) is 0 Å². The molecule has 27 heavy (non-hydrogen) atoms. The van der Waals surface area contributed by atoms with Gasteiger partial charge in [0.2, 0.25) is 5.91 Å². The van der Waals surface area contributed by atoms with E-state index in [0.29, 0.717) is 31.6 Å². The van der Waals surface area contributed by atoms with Gasteiger partial charge in [0.05, 0.1) is 5.56 Å². The van der Waals surface area contributed by atoms with Crippen LogP contribution >= 0.6 is 24.0 Å². The monoisotopic (exact) mass is 488 g/mol. The molecule has 2 amide bonds. The minimum atomic E-state index is -0.142. The third-order valence-corrected chi connectivity index (χ3v) is 4.00. The first kappa shape index (κ1) is 23.1. The first-order valence-electron chi connectivity index (χ1n) is 9.19. The minimum Gasteiger partial charge on any atom is -0.357 e. The van der Waals surface area contributed by atoms with E-state index in [2.05, 4.69) is 25.9 Å². The molecule has 0 aromatic carbocycles. The number of halogens is 1. The van der Waals surface area contributed by atoms with Crippen molar-refractivity contribution in [3.05, 3.63) is 30.1 Å². The topological polar surface area (TPSA) is 98.7 Å². The maximum Gasteiger partial charge on any atom is 0.252 e. The standard InChI is InChI=1S/C18H28N6O2.HI/c1-2-20-18(22-9-5-13-24-12-4-7-16(24)25)23-11-10-21-17(26)15-6-3-8-19-14-15;/h3,6,8,14H,2,4-5,7,9-13H2,1H3,(H,21,26)(H2,20,22,23);1H. The first-order chi connectivity index (χ1) is 12.7. The number of aromatic nitrogens is 1. The van der Waals surface area contributed by atoms with Gasteiger partial charge in [-0.2, -0.15) is 0 Å². The Labute approximate surface area is 177 Å². The van der Waals surface area contributed by atoms with Crippen LogP contribution in [0.4, 0.5) is 0 Å². The summed E-state index contributed by atoms with van der Waals surface area (Å²) in [5.41, 5.74) is 0.546. The predicted octanol–water partition coefficient (Wildman–Crippen LogP) is 0.997. The molecule has 1 aliphatic rings. The molecule has 1 aromatic rings. The molecule has 2 heterocycles. The first-order valence-corrected chi connectivity index (χ1v) is 9.19. The summed E-state index contributed by atoms with van der Waals surface area (Å²) in [6.45, 7) is 6.12. The Balaban J connectivity index is 0.00000364. The van der Waals surface area contributed by atoms with E-state index in [4.69, 9.17) is 0 Å². The van der Waals surface area contributed by atoms with Gasteiger partial charge in [0.15, 0.2) is 5.96 Å². The Kier molecular flexibility index (Phi) is 11.4. The number of rotatable bonds is 9. The van der Waals surface area contributed by atoms with E-state index >= 15 is 0 Å². The van der Waals surface area contributed by atoms with Crippen LogP contribution in [-0.2, 0) is 4.79 Å². The highest BCUT2D eigenvalue weighted by atomic mass is 127. The summed E-state index contributed by atoms with van der Waals surface area (Å²) >= 11 is 0. The summed E-state index contributed by atoms with van der Waals surface area (Å²) in [6, 6.07) is 3.46. The van der Waals surface area contributed by atoms with Crippen molar-refractivity contribution in [1.82, 2.24) is 25.8 Å². The molecule has 1 fully saturated rings. The van der Waals surface area contributed by atoms with Crippen molar-refractivity contribution in [1.29, 1.82) is 0 Å². The van der Waals surface area contributed by atoms with Crippen molar-refractivity contribution < 1.29 is 9.59 Å². The number of nitrogens with one attached hydrogen (secondary N) is 3. The second-order valence-electron chi connectivity index (χ2n) is 6.02. The largest absolute Gasteiger partial charge is 0.357 e. The zero-order valence-corrected chi connectivity index (χ0v) is 18.1. The maximum atomic E-state index is 11.9. The highest BCUT2D eigenvalue weighted by Gasteiger charge is 2.18. The van der Waals surface area contributed by atoms with Crippen molar-refractivity contribution in [2.24, 2.45) is 4.99 Å². The van der Waals surface area contributed by atoms with Crippen molar-refractivity contribution in [2.45, 2.75) is 26.2 Å². The molecule has 0 aliphatic carbocycles. The molecule has 3 N–H and O–H groups in total. The zero-order chi connectivity index (χ0) is 18.6. The lowest BCUT2D eigenvalue weighted by molar-refractivity contribution is -0.127. The van der Waals surface area contributed by atoms with Crippen LogP contribution in [0.25, 0.3) is 0 Å². The average molecular weight is 488 g/mol. The van der Waals surface area contributed by atoms with Gasteiger partial charge in [-0.25, -0.2) is 0 Å². The Morgan fingerprint density at radius 3 is 2.78 bits per heavy atom. The van der Waals surface area contributed by atoms with E-state index in [-0.39, 0.29) is 35.8 Å². The molecule has 1 aromatic heterocycles. The van der Waals surface area contributed by atoms with Crippen molar-refractivity contribution in [3.63, 3.8) is 0 Å². The number of likely N-dealkylation sites (tertiary alicyclic amines) is 1. The van der Waals surface area contributed by atoms with Crippen LogP contribution in [0.3, 0.4) is 0 Å². The average Bonchev–Trinajstić information content (AvgIpc) is 3.07. The molecule has 0 radical (unpaired) electrons.